The second-order valence-electron chi connectivity index (χ2n) is 12.2. The van der Waals surface area contributed by atoms with E-state index in [-0.39, 0.29) is 52.8 Å². The van der Waals surface area contributed by atoms with E-state index in [0.29, 0.717) is 34.3 Å². The standard InChI is InChI=1S/3C11H16BrClO2/c3*12-8-3-1-2-5-14-6-4-10-9(13)7-11(8)15-10/h3*1-2,8-11H,3-7H2/b3*2-1+/t3*8-,9+,10+,11-/m100/s1. The number of halogens is 6. The third-order valence-corrected chi connectivity index (χ3v) is 13.0. The van der Waals surface area contributed by atoms with E-state index in [9.17, 15) is 0 Å². The summed E-state index contributed by atoms with van der Waals surface area (Å²) in [4.78, 5) is 1.12. The maximum absolute atomic E-state index is 6.25. The first-order chi connectivity index (χ1) is 21.8. The van der Waals surface area contributed by atoms with Crippen LogP contribution in [0, 0.1) is 0 Å². The first kappa shape index (κ1) is 39.1. The van der Waals surface area contributed by atoms with Gasteiger partial charge in [-0.05, 0) is 57.8 Å². The van der Waals surface area contributed by atoms with Crippen molar-refractivity contribution in [3.8, 4) is 0 Å². The van der Waals surface area contributed by atoms with Crippen LogP contribution in [0.25, 0.3) is 0 Å². The minimum absolute atomic E-state index is 0.141. The van der Waals surface area contributed by atoms with Crippen LogP contribution < -0.4 is 0 Å². The van der Waals surface area contributed by atoms with Crippen LogP contribution in [0.3, 0.4) is 0 Å². The molecule has 258 valence electrons. The molecule has 3 fully saturated rings. The maximum Gasteiger partial charge on any atom is 0.0765 e. The molecule has 0 aromatic heterocycles. The van der Waals surface area contributed by atoms with Crippen molar-refractivity contribution < 1.29 is 28.4 Å². The molecule has 6 aliphatic rings. The Morgan fingerprint density at radius 1 is 0.422 bits per heavy atom. The highest BCUT2D eigenvalue weighted by molar-refractivity contribution is 9.10. The van der Waals surface area contributed by atoms with Crippen molar-refractivity contribution in [2.75, 3.05) is 39.6 Å². The van der Waals surface area contributed by atoms with Gasteiger partial charge in [0, 0.05) is 34.3 Å². The molecule has 0 radical (unpaired) electrons. The molecule has 0 saturated carbocycles. The highest BCUT2D eigenvalue weighted by atomic mass is 79.9. The SMILES string of the molecule is Cl[C@@H]1C[C@@H]2O[C@@H]1CCOC/C=C/C[C@@H]2Br.Cl[C@@H]1C[C@@H]2O[C@@H]1CCOC/C=C/C[C@@H]2Br.Cl[C@H]1C[C@H]2O[C@H]1CCOC/C=C/C[C@H]2Br. The van der Waals surface area contributed by atoms with E-state index >= 15 is 0 Å². The summed E-state index contributed by atoms with van der Waals surface area (Å²) >= 11 is 29.7. The summed E-state index contributed by atoms with van der Waals surface area (Å²) in [7, 11) is 0. The van der Waals surface area contributed by atoms with Crippen molar-refractivity contribution in [1.82, 2.24) is 0 Å². The number of ether oxygens (including phenoxy) is 6. The molecule has 6 heterocycles. The summed E-state index contributed by atoms with van der Waals surface area (Å²) in [6, 6.07) is 0. The zero-order chi connectivity index (χ0) is 32.0. The van der Waals surface area contributed by atoms with Gasteiger partial charge in [0.2, 0.25) is 0 Å². The lowest BCUT2D eigenvalue weighted by Crippen LogP contribution is -2.21. The topological polar surface area (TPSA) is 55.4 Å². The molecular weight excluding hydrogens is 838 g/mol. The van der Waals surface area contributed by atoms with E-state index in [1.165, 1.54) is 0 Å². The van der Waals surface area contributed by atoms with E-state index in [1.54, 1.807) is 0 Å². The zero-order valence-electron chi connectivity index (χ0n) is 25.7. The van der Waals surface area contributed by atoms with Gasteiger partial charge in [0.05, 0.1) is 72.6 Å². The number of fused-ring (bicyclic) bond motifs is 6. The minimum Gasteiger partial charge on any atom is -0.377 e. The minimum atomic E-state index is 0.141. The zero-order valence-corrected chi connectivity index (χ0v) is 32.7. The molecule has 12 atom stereocenters. The first-order valence-electron chi connectivity index (χ1n) is 16.3. The number of allylic oxidation sites excluding steroid dienone is 3. The summed E-state index contributed by atoms with van der Waals surface area (Å²) in [6.45, 7) is 4.30. The lowest BCUT2D eigenvalue weighted by Gasteiger charge is -2.17. The lowest BCUT2D eigenvalue weighted by molar-refractivity contribution is 0.0244. The smallest absolute Gasteiger partial charge is 0.0765 e. The average Bonchev–Trinajstić information content (AvgIpc) is 3.69. The van der Waals surface area contributed by atoms with Gasteiger partial charge >= 0.3 is 0 Å². The molecule has 6 bridgehead atoms. The van der Waals surface area contributed by atoms with Gasteiger partial charge < -0.3 is 28.4 Å². The predicted octanol–water partition coefficient (Wildman–Crippen LogP) is 8.64. The van der Waals surface area contributed by atoms with Crippen LogP contribution in [0.4, 0.5) is 0 Å². The molecule has 0 aromatic rings. The van der Waals surface area contributed by atoms with Crippen molar-refractivity contribution in [1.29, 1.82) is 0 Å². The number of rotatable bonds is 0. The summed E-state index contributed by atoms with van der Waals surface area (Å²) in [5.41, 5.74) is 0. The summed E-state index contributed by atoms with van der Waals surface area (Å²) in [5.74, 6) is 0. The van der Waals surface area contributed by atoms with Crippen LogP contribution in [0.1, 0.15) is 57.8 Å². The van der Waals surface area contributed by atoms with Gasteiger partial charge in [0.15, 0.2) is 0 Å². The Kier molecular flexibility index (Phi) is 18.7. The normalized spacial score (nSPS) is 44.7. The molecule has 6 nitrogen and oxygen atoms in total. The van der Waals surface area contributed by atoms with E-state index < -0.39 is 0 Å². The van der Waals surface area contributed by atoms with Crippen LogP contribution in [-0.4, -0.2) is 107 Å². The molecule has 0 unspecified atom stereocenters. The van der Waals surface area contributed by atoms with Crippen LogP contribution in [0.15, 0.2) is 36.5 Å². The van der Waals surface area contributed by atoms with E-state index in [1.807, 2.05) is 0 Å². The Balaban J connectivity index is 0.000000154. The van der Waals surface area contributed by atoms with Crippen molar-refractivity contribution in [2.24, 2.45) is 0 Å². The van der Waals surface area contributed by atoms with Gasteiger partial charge in [-0.1, -0.05) is 84.2 Å². The van der Waals surface area contributed by atoms with Gasteiger partial charge in [0.25, 0.3) is 0 Å². The fourth-order valence-corrected chi connectivity index (χ4v) is 8.80. The number of hydrogen-bond donors (Lipinski definition) is 0. The second kappa shape index (κ2) is 21.5. The molecule has 0 amide bonds. The molecule has 6 rings (SSSR count). The van der Waals surface area contributed by atoms with Gasteiger partial charge in [-0.2, -0.15) is 0 Å². The molecule has 45 heavy (non-hydrogen) atoms. The quantitative estimate of drug-likeness (QED) is 0.180. The maximum atomic E-state index is 6.25. The van der Waals surface area contributed by atoms with E-state index in [0.717, 1.165) is 77.6 Å². The molecule has 12 heteroatoms. The monoisotopic (exact) mass is 882 g/mol. The summed E-state index contributed by atoms with van der Waals surface area (Å²) in [6.07, 6.45) is 22.3. The van der Waals surface area contributed by atoms with Crippen molar-refractivity contribution >= 4 is 82.6 Å². The molecule has 3 saturated heterocycles. The summed E-state index contributed by atoms with van der Waals surface area (Å²) < 4.78 is 34.2. The Bertz CT molecular complexity index is 818. The van der Waals surface area contributed by atoms with Gasteiger partial charge in [-0.3, -0.25) is 0 Å². The highest BCUT2D eigenvalue weighted by Crippen LogP contribution is 2.35. The van der Waals surface area contributed by atoms with Gasteiger partial charge in [-0.15, -0.1) is 34.8 Å². The molecule has 0 aromatic carbocycles. The highest BCUT2D eigenvalue weighted by Gasteiger charge is 2.38. The first-order valence-corrected chi connectivity index (χ1v) is 20.4. The van der Waals surface area contributed by atoms with Gasteiger partial charge in [-0.25, -0.2) is 0 Å². The average molecular weight is 887 g/mol. The van der Waals surface area contributed by atoms with Crippen molar-refractivity contribution in [3.63, 3.8) is 0 Å². The predicted molar refractivity (Wildman–Crippen MR) is 194 cm³/mol. The third-order valence-electron chi connectivity index (χ3n) is 8.71. The fourth-order valence-electron chi connectivity index (χ4n) is 6.05. The Morgan fingerprint density at radius 3 is 1.00 bits per heavy atom. The molecule has 0 spiro atoms. The van der Waals surface area contributed by atoms with Crippen LogP contribution in [0.2, 0.25) is 0 Å². The Labute approximate surface area is 310 Å². The van der Waals surface area contributed by atoms with E-state index in [4.69, 9.17) is 63.2 Å². The number of alkyl halides is 6. The lowest BCUT2D eigenvalue weighted by atomic mass is 10.1. The van der Waals surface area contributed by atoms with Crippen LogP contribution >= 0.6 is 82.6 Å². The largest absolute Gasteiger partial charge is 0.377 e. The molecular formula is C33H48Br3Cl3O6. The molecule has 6 aliphatic heterocycles. The Morgan fingerprint density at radius 2 is 0.711 bits per heavy atom. The van der Waals surface area contributed by atoms with E-state index in [2.05, 4.69) is 84.2 Å². The summed E-state index contributed by atoms with van der Waals surface area (Å²) in [5, 5.41) is 0.422. The van der Waals surface area contributed by atoms with Gasteiger partial charge in [0.1, 0.15) is 0 Å². The fraction of sp³-hybridized carbons (Fsp3) is 0.818. The third kappa shape index (κ3) is 13.5. The number of hydrogen-bond acceptors (Lipinski definition) is 6. The molecule has 0 N–H and O–H groups in total. The van der Waals surface area contributed by atoms with Crippen LogP contribution in [-0.2, 0) is 28.4 Å². The molecule has 0 aliphatic carbocycles. The Hall–Kier alpha value is 1.29. The second-order valence-corrected chi connectivity index (χ2v) is 17.4. The van der Waals surface area contributed by atoms with Crippen molar-refractivity contribution in [2.45, 2.75) is 125 Å². The van der Waals surface area contributed by atoms with Crippen molar-refractivity contribution in [3.05, 3.63) is 36.5 Å². The van der Waals surface area contributed by atoms with Crippen LogP contribution in [0.5, 0.6) is 0 Å².